The summed E-state index contributed by atoms with van der Waals surface area (Å²) in [6.07, 6.45) is -0.113. The van der Waals surface area contributed by atoms with Crippen molar-refractivity contribution in [3.63, 3.8) is 0 Å². The number of rotatable bonds is 5. The molecule has 0 unspecified atom stereocenters. The maximum Gasteiger partial charge on any atom is 0.426 e. The summed E-state index contributed by atoms with van der Waals surface area (Å²) in [5.74, 6) is -0.278. The number of para-hydroxylation sites is 1. The highest BCUT2D eigenvalue weighted by atomic mass is 35.5. The summed E-state index contributed by atoms with van der Waals surface area (Å²) in [5.41, 5.74) is 0.0354. The summed E-state index contributed by atoms with van der Waals surface area (Å²) < 4.78 is 58.0. The van der Waals surface area contributed by atoms with E-state index in [1.807, 2.05) is 0 Å². The molecule has 1 N–H and O–H groups in total. The summed E-state index contributed by atoms with van der Waals surface area (Å²) in [6.45, 7) is 1.35. The lowest BCUT2D eigenvalue weighted by Gasteiger charge is -2.09. The van der Waals surface area contributed by atoms with Crippen LogP contribution in [0.4, 0.5) is 4.79 Å². The number of nitrogens with zero attached hydrogens (tertiary/aromatic N) is 2. The van der Waals surface area contributed by atoms with Gasteiger partial charge in [-0.2, -0.15) is 8.42 Å². The van der Waals surface area contributed by atoms with E-state index in [-0.39, 0.29) is 22.2 Å². The molecule has 2 aromatic heterocycles. The molecule has 3 aromatic rings. The fraction of sp³-hybridized carbons (Fsp3) is 0.125. The molecule has 0 saturated carbocycles. The molecule has 148 valence electrons. The second-order valence-electron chi connectivity index (χ2n) is 5.51. The van der Waals surface area contributed by atoms with Crippen molar-refractivity contribution in [2.45, 2.75) is 17.0 Å². The molecule has 2 heterocycles. The van der Waals surface area contributed by atoms with E-state index >= 15 is 0 Å². The zero-order valence-corrected chi connectivity index (χ0v) is 16.8. The third-order valence-corrected chi connectivity index (χ3v) is 6.93. The summed E-state index contributed by atoms with van der Waals surface area (Å²) in [6, 6.07) is 10.6. The number of carbonyl (C=O) groups is 1. The van der Waals surface area contributed by atoms with E-state index in [0.29, 0.717) is 0 Å². The van der Waals surface area contributed by atoms with Crippen LogP contribution < -0.4 is 9.46 Å². The van der Waals surface area contributed by atoms with Crippen molar-refractivity contribution in [3.05, 3.63) is 53.7 Å². The smallest absolute Gasteiger partial charge is 0.410 e. The van der Waals surface area contributed by atoms with E-state index < -0.39 is 36.0 Å². The SMILES string of the molecule is CCS(=O)(=O)c1nc2ccc(Cl)cn2c1S(=O)(=O)NC(=O)Oc1ccccc1. The van der Waals surface area contributed by atoms with Crippen molar-refractivity contribution in [1.29, 1.82) is 0 Å². The Morgan fingerprint density at radius 1 is 1.14 bits per heavy atom. The number of ether oxygens (including phenoxy) is 1. The molecule has 9 nitrogen and oxygen atoms in total. The van der Waals surface area contributed by atoms with Gasteiger partial charge in [0.2, 0.25) is 0 Å². The average molecular weight is 444 g/mol. The molecule has 0 spiro atoms. The van der Waals surface area contributed by atoms with Gasteiger partial charge in [0.15, 0.2) is 19.9 Å². The molecule has 0 aliphatic carbocycles. The third-order valence-electron chi connectivity index (χ3n) is 3.61. The lowest BCUT2D eigenvalue weighted by molar-refractivity contribution is 0.206. The van der Waals surface area contributed by atoms with Gasteiger partial charge < -0.3 is 4.74 Å². The molecule has 0 atom stereocenters. The summed E-state index contributed by atoms with van der Waals surface area (Å²) in [7, 11) is -8.69. The van der Waals surface area contributed by atoms with Crippen molar-refractivity contribution in [1.82, 2.24) is 14.1 Å². The number of aromatic nitrogens is 2. The van der Waals surface area contributed by atoms with Crippen LogP contribution in [-0.2, 0) is 19.9 Å². The number of amides is 1. The van der Waals surface area contributed by atoms with Crippen LogP contribution in [0.5, 0.6) is 5.75 Å². The molecule has 28 heavy (non-hydrogen) atoms. The number of hydrogen-bond acceptors (Lipinski definition) is 7. The number of benzene rings is 1. The normalized spacial score (nSPS) is 12.1. The molecular formula is C16H14ClN3O6S2. The first-order chi connectivity index (χ1) is 13.1. The summed E-state index contributed by atoms with van der Waals surface area (Å²) in [4.78, 5) is 15.9. The topological polar surface area (TPSA) is 124 Å². The second kappa shape index (κ2) is 7.41. The van der Waals surface area contributed by atoms with Crippen molar-refractivity contribution < 1.29 is 26.4 Å². The Hall–Kier alpha value is -2.63. The third kappa shape index (κ3) is 3.96. The van der Waals surface area contributed by atoms with Crippen LogP contribution >= 0.6 is 11.6 Å². The lowest BCUT2D eigenvalue weighted by Crippen LogP contribution is -2.34. The first-order valence-corrected chi connectivity index (χ1v) is 11.4. The van der Waals surface area contributed by atoms with Gasteiger partial charge in [0, 0.05) is 6.20 Å². The highest BCUT2D eigenvalue weighted by molar-refractivity contribution is 7.93. The molecule has 0 bridgehead atoms. The van der Waals surface area contributed by atoms with Crippen molar-refractivity contribution in [3.8, 4) is 5.75 Å². The zero-order chi connectivity index (χ0) is 20.5. The molecule has 0 aliphatic rings. The quantitative estimate of drug-likeness (QED) is 0.641. The monoisotopic (exact) mass is 443 g/mol. The van der Waals surface area contributed by atoms with Gasteiger partial charge in [0.05, 0.1) is 10.8 Å². The van der Waals surface area contributed by atoms with Gasteiger partial charge >= 0.3 is 6.09 Å². The number of hydrogen-bond donors (Lipinski definition) is 1. The van der Waals surface area contributed by atoms with Gasteiger partial charge in [-0.3, -0.25) is 4.40 Å². The maximum atomic E-state index is 12.8. The van der Waals surface area contributed by atoms with E-state index in [1.165, 1.54) is 37.4 Å². The first-order valence-electron chi connectivity index (χ1n) is 7.84. The number of halogens is 1. The highest BCUT2D eigenvalue weighted by Crippen LogP contribution is 2.25. The minimum absolute atomic E-state index is 0.0354. The average Bonchev–Trinajstić information content (AvgIpc) is 3.02. The van der Waals surface area contributed by atoms with Crippen LogP contribution in [0.15, 0.2) is 58.7 Å². The van der Waals surface area contributed by atoms with Crippen LogP contribution in [0.1, 0.15) is 6.92 Å². The van der Waals surface area contributed by atoms with Crippen molar-refractivity contribution >= 4 is 43.2 Å². The van der Waals surface area contributed by atoms with Crippen molar-refractivity contribution in [2.24, 2.45) is 0 Å². The first kappa shape index (κ1) is 20.1. The number of sulfone groups is 1. The Bertz CT molecular complexity index is 1250. The van der Waals surface area contributed by atoms with Crippen LogP contribution in [-0.4, -0.2) is 38.1 Å². The Morgan fingerprint density at radius 2 is 1.82 bits per heavy atom. The zero-order valence-electron chi connectivity index (χ0n) is 14.4. The number of imidazole rings is 1. The fourth-order valence-corrected chi connectivity index (χ4v) is 5.11. The van der Waals surface area contributed by atoms with Crippen LogP contribution in [0.2, 0.25) is 5.02 Å². The molecule has 1 aromatic carbocycles. The van der Waals surface area contributed by atoms with Gasteiger partial charge in [-0.25, -0.2) is 22.9 Å². The van der Waals surface area contributed by atoms with Gasteiger partial charge in [0.1, 0.15) is 11.4 Å². The van der Waals surface area contributed by atoms with Crippen LogP contribution in [0.25, 0.3) is 5.65 Å². The Balaban J connectivity index is 2.08. The van der Waals surface area contributed by atoms with Gasteiger partial charge in [0.25, 0.3) is 10.0 Å². The molecule has 0 aliphatic heterocycles. The standard InChI is InChI=1S/C16H14ClN3O6S2/c1-2-27(22,23)14-15(20-10-11(17)8-9-13(20)18-14)28(24,25)19-16(21)26-12-6-4-3-5-7-12/h3-10H,2H2,1H3,(H,19,21). The number of sulfonamides is 1. The highest BCUT2D eigenvalue weighted by Gasteiger charge is 2.33. The molecular weight excluding hydrogens is 430 g/mol. The van der Waals surface area contributed by atoms with Gasteiger partial charge in [-0.15, -0.1) is 0 Å². The van der Waals surface area contributed by atoms with E-state index in [1.54, 1.807) is 22.9 Å². The largest absolute Gasteiger partial charge is 0.426 e. The molecule has 0 fully saturated rings. The molecule has 1 amide bonds. The van der Waals surface area contributed by atoms with E-state index in [9.17, 15) is 21.6 Å². The Labute approximate surface area is 165 Å². The Morgan fingerprint density at radius 3 is 2.46 bits per heavy atom. The molecule has 0 saturated heterocycles. The fourth-order valence-electron chi connectivity index (χ4n) is 2.33. The summed E-state index contributed by atoms with van der Waals surface area (Å²) >= 11 is 5.91. The number of fused-ring (bicyclic) bond motifs is 1. The predicted molar refractivity (Wildman–Crippen MR) is 101 cm³/mol. The number of carbonyl (C=O) groups excluding carboxylic acids is 1. The Kier molecular flexibility index (Phi) is 5.33. The van der Waals surface area contributed by atoms with Gasteiger partial charge in [-0.05, 0) is 24.3 Å². The minimum atomic E-state index is -4.67. The summed E-state index contributed by atoms with van der Waals surface area (Å²) in [5, 5.41) is -1.26. The second-order valence-corrected chi connectivity index (χ2v) is 9.74. The predicted octanol–water partition coefficient (Wildman–Crippen LogP) is 2.26. The number of pyridine rings is 1. The minimum Gasteiger partial charge on any atom is -0.410 e. The maximum absolute atomic E-state index is 12.8. The molecule has 12 heteroatoms. The molecule has 3 rings (SSSR count). The van der Waals surface area contributed by atoms with Crippen LogP contribution in [0.3, 0.4) is 0 Å². The van der Waals surface area contributed by atoms with Crippen molar-refractivity contribution in [2.75, 3.05) is 5.75 Å². The van der Waals surface area contributed by atoms with E-state index in [0.717, 1.165) is 4.40 Å². The van der Waals surface area contributed by atoms with E-state index in [4.69, 9.17) is 16.3 Å². The lowest BCUT2D eigenvalue weighted by atomic mass is 10.3. The van der Waals surface area contributed by atoms with Gasteiger partial charge in [-0.1, -0.05) is 36.7 Å². The van der Waals surface area contributed by atoms with Crippen LogP contribution in [0, 0.1) is 0 Å². The number of nitrogens with one attached hydrogen (secondary N) is 1. The molecule has 0 radical (unpaired) electrons. The van der Waals surface area contributed by atoms with E-state index in [2.05, 4.69) is 4.98 Å².